The topological polar surface area (TPSA) is 55.4 Å². The second-order valence-corrected chi connectivity index (χ2v) is 8.18. The minimum Gasteiger partial charge on any atom is -0.384 e. The third-order valence-electron chi connectivity index (χ3n) is 3.85. The lowest BCUT2D eigenvalue weighted by molar-refractivity contribution is 0.202. The molecule has 1 atom stereocenters. The monoisotopic (exact) mass is 299 g/mol. The summed E-state index contributed by atoms with van der Waals surface area (Å²) in [7, 11) is 0.300. The fraction of sp³-hybridized carbons (Fsp3) is 0.600. The molecule has 1 unspecified atom stereocenters. The van der Waals surface area contributed by atoms with Crippen LogP contribution in [-0.2, 0) is 21.0 Å². The standard InChI is InChI=1S/C15H25NO3S/c1-15(2,20(5,17)18)14(16-3)13-8-6-12(7-9-13)10-11-19-4/h6-9,14,16H,10-11H2,1-5H3. The Bertz CT molecular complexity index is 521. The number of sulfone groups is 1. The predicted molar refractivity (Wildman–Crippen MR) is 82.7 cm³/mol. The van der Waals surface area contributed by atoms with Gasteiger partial charge >= 0.3 is 0 Å². The Morgan fingerprint density at radius 2 is 1.80 bits per heavy atom. The Balaban J connectivity index is 3.02. The molecule has 1 aromatic carbocycles. The highest BCUT2D eigenvalue weighted by atomic mass is 32.2. The van der Waals surface area contributed by atoms with Gasteiger partial charge in [-0.1, -0.05) is 24.3 Å². The molecule has 1 rings (SSSR count). The average molecular weight is 299 g/mol. The summed E-state index contributed by atoms with van der Waals surface area (Å²) >= 11 is 0. The van der Waals surface area contributed by atoms with Crippen molar-refractivity contribution < 1.29 is 13.2 Å². The molecule has 0 aromatic heterocycles. The van der Waals surface area contributed by atoms with Gasteiger partial charge in [-0.15, -0.1) is 0 Å². The molecule has 0 aliphatic rings. The van der Waals surface area contributed by atoms with Crippen LogP contribution >= 0.6 is 0 Å². The van der Waals surface area contributed by atoms with Crippen molar-refractivity contribution in [3.05, 3.63) is 35.4 Å². The fourth-order valence-electron chi connectivity index (χ4n) is 2.23. The maximum absolute atomic E-state index is 12.0. The lowest BCUT2D eigenvalue weighted by Crippen LogP contribution is -2.43. The molecule has 114 valence electrons. The third kappa shape index (κ3) is 3.81. The Kier molecular flexibility index (Phi) is 5.74. The van der Waals surface area contributed by atoms with Crippen molar-refractivity contribution in [3.63, 3.8) is 0 Å². The first kappa shape index (κ1) is 17.1. The maximum atomic E-state index is 12.0. The van der Waals surface area contributed by atoms with Gasteiger partial charge in [0.25, 0.3) is 0 Å². The minimum atomic E-state index is -3.17. The number of methoxy groups -OCH3 is 1. The normalized spacial score (nSPS) is 14.2. The maximum Gasteiger partial charge on any atom is 0.154 e. The smallest absolute Gasteiger partial charge is 0.154 e. The second kappa shape index (κ2) is 6.70. The zero-order valence-corrected chi connectivity index (χ0v) is 13.8. The average Bonchev–Trinajstić information content (AvgIpc) is 2.37. The van der Waals surface area contributed by atoms with Crippen molar-refractivity contribution in [2.75, 3.05) is 27.0 Å². The molecule has 5 heteroatoms. The van der Waals surface area contributed by atoms with E-state index in [9.17, 15) is 8.42 Å². The van der Waals surface area contributed by atoms with E-state index in [2.05, 4.69) is 5.32 Å². The van der Waals surface area contributed by atoms with Crippen LogP contribution < -0.4 is 5.32 Å². The first-order valence-corrected chi connectivity index (χ1v) is 8.57. The van der Waals surface area contributed by atoms with Gasteiger partial charge in [-0.05, 0) is 38.4 Å². The Morgan fingerprint density at radius 3 is 2.20 bits per heavy atom. The first-order chi connectivity index (χ1) is 9.24. The van der Waals surface area contributed by atoms with Crippen LogP contribution in [0.2, 0.25) is 0 Å². The lowest BCUT2D eigenvalue weighted by Gasteiger charge is -2.33. The van der Waals surface area contributed by atoms with E-state index in [1.807, 2.05) is 24.3 Å². The van der Waals surface area contributed by atoms with Gasteiger partial charge in [-0.3, -0.25) is 0 Å². The lowest BCUT2D eigenvalue weighted by atomic mass is 9.94. The van der Waals surface area contributed by atoms with Crippen LogP contribution in [0.15, 0.2) is 24.3 Å². The minimum absolute atomic E-state index is 0.242. The Hall–Kier alpha value is -0.910. The second-order valence-electron chi connectivity index (χ2n) is 5.58. The molecule has 1 N–H and O–H groups in total. The predicted octanol–water partition coefficient (Wildman–Crippen LogP) is 1.96. The molecule has 0 saturated carbocycles. The third-order valence-corrected chi connectivity index (χ3v) is 5.99. The van der Waals surface area contributed by atoms with E-state index in [0.29, 0.717) is 6.61 Å². The Morgan fingerprint density at radius 1 is 1.25 bits per heavy atom. The van der Waals surface area contributed by atoms with E-state index in [4.69, 9.17) is 4.74 Å². The van der Waals surface area contributed by atoms with Crippen LogP contribution in [0.5, 0.6) is 0 Å². The SMILES string of the molecule is CNC(c1ccc(CCOC)cc1)C(C)(C)S(C)(=O)=O. The highest BCUT2D eigenvalue weighted by Crippen LogP contribution is 2.32. The fourth-order valence-corrected chi connectivity index (χ4v) is 2.91. The van der Waals surface area contributed by atoms with Gasteiger partial charge in [-0.2, -0.15) is 0 Å². The largest absolute Gasteiger partial charge is 0.384 e. The van der Waals surface area contributed by atoms with Crippen LogP contribution in [0.1, 0.15) is 31.0 Å². The van der Waals surface area contributed by atoms with Gasteiger partial charge < -0.3 is 10.1 Å². The number of hydrogen-bond acceptors (Lipinski definition) is 4. The summed E-state index contributed by atoms with van der Waals surface area (Å²) in [5.41, 5.74) is 2.16. The highest BCUT2D eigenvalue weighted by Gasteiger charge is 2.39. The molecule has 0 heterocycles. The number of rotatable bonds is 7. The quantitative estimate of drug-likeness (QED) is 0.836. The van der Waals surface area contributed by atoms with E-state index < -0.39 is 14.6 Å². The van der Waals surface area contributed by atoms with Gasteiger partial charge in [0, 0.05) is 13.4 Å². The molecule has 0 saturated heterocycles. The van der Waals surface area contributed by atoms with E-state index in [0.717, 1.165) is 12.0 Å². The molecule has 0 spiro atoms. The zero-order valence-electron chi connectivity index (χ0n) is 12.9. The molecule has 20 heavy (non-hydrogen) atoms. The molecule has 0 radical (unpaired) electrons. The number of ether oxygens (including phenoxy) is 1. The summed E-state index contributed by atoms with van der Waals surface area (Å²) in [5.74, 6) is 0. The number of nitrogens with one attached hydrogen (secondary N) is 1. The van der Waals surface area contributed by atoms with Crippen molar-refractivity contribution in [1.29, 1.82) is 0 Å². The molecular weight excluding hydrogens is 274 g/mol. The van der Waals surface area contributed by atoms with E-state index in [-0.39, 0.29) is 6.04 Å². The first-order valence-electron chi connectivity index (χ1n) is 6.68. The van der Waals surface area contributed by atoms with Crippen LogP contribution in [0.3, 0.4) is 0 Å². The van der Waals surface area contributed by atoms with Crippen molar-refractivity contribution in [2.45, 2.75) is 31.1 Å². The summed E-state index contributed by atoms with van der Waals surface area (Å²) in [6.45, 7) is 4.19. The Labute approximate surface area is 122 Å². The molecule has 0 fully saturated rings. The van der Waals surface area contributed by atoms with E-state index in [1.165, 1.54) is 11.8 Å². The molecule has 0 bridgehead atoms. The van der Waals surface area contributed by atoms with Crippen LogP contribution in [-0.4, -0.2) is 40.2 Å². The molecule has 0 aliphatic carbocycles. The van der Waals surface area contributed by atoms with Crippen LogP contribution in [0.4, 0.5) is 0 Å². The molecular formula is C15H25NO3S. The van der Waals surface area contributed by atoms with Gasteiger partial charge in [-0.25, -0.2) is 8.42 Å². The highest BCUT2D eigenvalue weighted by molar-refractivity contribution is 7.92. The van der Waals surface area contributed by atoms with E-state index >= 15 is 0 Å². The summed E-state index contributed by atoms with van der Waals surface area (Å²) in [6, 6.07) is 7.78. The number of benzene rings is 1. The molecule has 4 nitrogen and oxygen atoms in total. The van der Waals surface area contributed by atoms with Gasteiger partial charge in [0.15, 0.2) is 9.84 Å². The van der Waals surface area contributed by atoms with Gasteiger partial charge in [0.1, 0.15) is 0 Å². The summed E-state index contributed by atoms with van der Waals surface area (Å²) in [4.78, 5) is 0. The van der Waals surface area contributed by atoms with Crippen molar-refractivity contribution >= 4 is 9.84 Å². The summed E-state index contributed by atoms with van der Waals surface area (Å²) < 4.78 is 28.1. The molecule has 0 aliphatic heterocycles. The van der Waals surface area contributed by atoms with Gasteiger partial charge in [0.2, 0.25) is 0 Å². The zero-order chi connectivity index (χ0) is 15.4. The van der Waals surface area contributed by atoms with Gasteiger partial charge in [0.05, 0.1) is 17.4 Å². The van der Waals surface area contributed by atoms with Crippen molar-refractivity contribution in [1.82, 2.24) is 5.32 Å². The molecule has 0 amide bonds. The van der Waals surface area contributed by atoms with Crippen LogP contribution in [0.25, 0.3) is 0 Å². The van der Waals surface area contributed by atoms with E-state index in [1.54, 1.807) is 28.0 Å². The van der Waals surface area contributed by atoms with Crippen LogP contribution in [0, 0.1) is 0 Å². The summed E-state index contributed by atoms with van der Waals surface area (Å²) in [6.07, 6.45) is 2.14. The van der Waals surface area contributed by atoms with Crippen molar-refractivity contribution in [2.24, 2.45) is 0 Å². The van der Waals surface area contributed by atoms with Crippen molar-refractivity contribution in [3.8, 4) is 0 Å². The molecule has 1 aromatic rings. The summed E-state index contributed by atoms with van der Waals surface area (Å²) in [5, 5.41) is 3.12. The number of hydrogen-bond donors (Lipinski definition) is 1.